The first-order chi connectivity index (χ1) is 12.4. The van der Waals surface area contributed by atoms with Crippen molar-refractivity contribution in [3.63, 3.8) is 0 Å². The SMILES string of the molecule is CC/C=C(\C)OCC.CN(Cc1ccc2c(c1)OCO2)C(=N)N=C(N)N. The number of guanidine groups is 2. The van der Waals surface area contributed by atoms with Gasteiger partial charge in [0.2, 0.25) is 12.8 Å². The minimum Gasteiger partial charge on any atom is -0.499 e. The van der Waals surface area contributed by atoms with Crippen molar-refractivity contribution < 1.29 is 14.2 Å². The molecule has 0 atom stereocenters. The number of ether oxygens (including phenoxy) is 3. The number of nitrogens with zero attached hydrogens (tertiary/aromatic N) is 2. The van der Waals surface area contributed by atoms with Gasteiger partial charge in [-0.2, -0.15) is 4.99 Å². The molecule has 0 spiro atoms. The highest BCUT2D eigenvalue weighted by Crippen LogP contribution is 2.32. The predicted molar refractivity (Wildman–Crippen MR) is 103 cm³/mol. The van der Waals surface area contributed by atoms with Crippen LogP contribution in [0.25, 0.3) is 0 Å². The van der Waals surface area contributed by atoms with Crippen molar-refractivity contribution in [2.24, 2.45) is 16.5 Å². The lowest BCUT2D eigenvalue weighted by Gasteiger charge is -2.17. The van der Waals surface area contributed by atoms with E-state index in [0.717, 1.165) is 30.1 Å². The fraction of sp³-hybridized carbons (Fsp3) is 0.444. The van der Waals surface area contributed by atoms with Crippen LogP contribution in [0.3, 0.4) is 0 Å². The van der Waals surface area contributed by atoms with E-state index in [9.17, 15) is 0 Å². The zero-order chi connectivity index (χ0) is 19.5. The summed E-state index contributed by atoms with van der Waals surface area (Å²) in [6.07, 6.45) is 3.13. The molecule has 0 aromatic heterocycles. The van der Waals surface area contributed by atoms with E-state index in [4.69, 9.17) is 31.1 Å². The van der Waals surface area contributed by atoms with Crippen LogP contribution in [-0.2, 0) is 11.3 Å². The molecule has 0 bridgehead atoms. The van der Waals surface area contributed by atoms with Gasteiger partial charge in [-0.05, 0) is 44.0 Å². The minimum atomic E-state index is -0.127. The second-order valence-electron chi connectivity index (χ2n) is 5.56. The molecule has 1 aromatic rings. The van der Waals surface area contributed by atoms with Crippen LogP contribution < -0.4 is 20.9 Å². The average Bonchev–Trinajstić information content (AvgIpc) is 3.03. The van der Waals surface area contributed by atoms with Crippen LogP contribution in [-0.4, -0.2) is 37.3 Å². The topological polar surface area (TPSA) is 119 Å². The highest BCUT2D eigenvalue weighted by molar-refractivity contribution is 5.91. The summed E-state index contributed by atoms with van der Waals surface area (Å²) in [6, 6.07) is 5.63. The van der Waals surface area contributed by atoms with Crippen molar-refractivity contribution in [2.45, 2.75) is 33.7 Å². The van der Waals surface area contributed by atoms with Crippen molar-refractivity contribution in [3.8, 4) is 11.5 Å². The first kappa shape index (κ1) is 21.1. The molecule has 0 aliphatic carbocycles. The average molecular weight is 363 g/mol. The molecule has 0 saturated carbocycles. The molecule has 0 saturated heterocycles. The minimum absolute atomic E-state index is 0.00710. The maximum absolute atomic E-state index is 7.65. The molecule has 1 aromatic carbocycles. The lowest BCUT2D eigenvalue weighted by molar-refractivity contribution is 0.174. The van der Waals surface area contributed by atoms with E-state index in [1.807, 2.05) is 32.0 Å². The lowest BCUT2D eigenvalue weighted by atomic mass is 10.2. The Kier molecular flexibility index (Phi) is 8.83. The number of nitrogens with one attached hydrogen (secondary N) is 1. The van der Waals surface area contributed by atoms with Crippen molar-refractivity contribution in [1.29, 1.82) is 5.41 Å². The monoisotopic (exact) mass is 363 g/mol. The summed E-state index contributed by atoms with van der Waals surface area (Å²) >= 11 is 0. The molecule has 0 radical (unpaired) electrons. The molecule has 0 amide bonds. The molecule has 144 valence electrons. The molecule has 1 aliphatic heterocycles. The largest absolute Gasteiger partial charge is 0.499 e. The molecular weight excluding hydrogens is 334 g/mol. The second-order valence-corrected chi connectivity index (χ2v) is 5.56. The molecule has 8 nitrogen and oxygen atoms in total. The Bertz CT molecular complexity index is 654. The molecule has 26 heavy (non-hydrogen) atoms. The Morgan fingerprint density at radius 3 is 2.62 bits per heavy atom. The maximum atomic E-state index is 7.65. The van der Waals surface area contributed by atoms with Gasteiger partial charge in [-0.1, -0.05) is 13.0 Å². The molecule has 5 N–H and O–H groups in total. The van der Waals surface area contributed by atoms with Crippen molar-refractivity contribution in [1.82, 2.24) is 4.90 Å². The smallest absolute Gasteiger partial charge is 0.231 e. The first-order valence-corrected chi connectivity index (χ1v) is 8.44. The molecule has 0 fully saturated rings. The number of hydrogen-bond donors (Lipinski definition) is 3. The lowest BCUT2D eigenvalue weighted by Crippen LogP contribution is -2.30. The molecular formula is C18H29N5O3. The Morgan fingerprint density at radius 2 is 2.00 bits per heavy atom. The van der Waals surface area contributed by atoms with Gasteiger partial charge in [0.05, 0.1) is 12.4 Å². The van der Waals surface area contributed by atoms with E-state index in [-0.39, 0.29) is 18.7 Å². The van der Waals surface area contributed by atoms with E-state index in [0.29, 0.717) is 12.3 Å². The van der Waals surface area contributed by atoms with E-state index in [2.05, 4.69) is 18.0 Å². The summed E-state index contributed by atoms with van der Waals surface area (Å²) in [6.45, 7) is 7.61. The van der Waals surface area contributed by atoms with Gasteiger partial charge in [0.15, 0.2) is 17.5 Å². The molecule has 1 aliphatic rings. The van der Waals surface area contributed by atoms with Gasteiger partial charge in [0.1, 0.15) is 0 Å². The summed E-state index contributed by atoms with van der Waals surface area (Å²) in [5.41, 5.74) is 11.4. The van der Waals surface area contributed by atoms with Crippen molar-refractivity contribution in [3.05, 3.63) is 35.6 Å². The summed E-state index contributed by atoms with van der Waals surface area (Å²) in [5, 5.41) is 7.65. The zero-order valence-corrected chi connectivity index (χ0v) is 15.9. The number of aliphatic imine (C=N–C) groups is 1. The summed E-state index contributed by atoms with van der Waals surface area (Å²) in [7, 11) is 1.74. The van der Waals surface area contributed by atoms with Crippen LogP contribution in [0.4, 0.5) is 0 Å². The highest BCUT2D eigenvalue weighted by atomic mass is 16.7. The third kappa shape index (κ3) is 7.33. The van der Waals surface area contributed by atoms with Gasteiger partial charge in [0, 0.05) is 13.6 Å². The van der Waals surface area contributed by atoms with E-state index in [1.54, 1.807) is 11.9 Å². The normalized spacial score (nSPS) is 11.9. The number of hydrogen-bond acceptors (Lipinski definition) is 4. The fourth-order valence-electron chi connectivity index (χ4n) is 2.17. The van der Waals surface area contributed by atoms with Crippen LogP contribution in [0.15, 0.2) is 35.0 Å². The van der Waals surface area contributed by atoms with Gasteiger partial charge >= 0.3 is 0 Å². The van der Waals surface area contributed by atoms with Crippen LogP contribution in [0, 0.1) is 5.41 Å². The van der Waals surface area contributed by atoms with Gasteiger partial charge < -0.3 is 30.6 Å². The number of rotatable bonds is 5. The number of nitrogens with two attached hydrogens (primary N) is 2. The third-order valence-corrected chi connectivity index (χ3v) is 3.32. The molecule has 8 heteroatoms. The van der Waals surface area contributed by atoms with E-state index < -0.39 is 0 Å². The van der Waals surface area contributed by atoms with Crippen molar-refractivity contribution >= 4 is 11.9 Å². The van der Waals surface area contributed by atoms with E-state index in [1.165, 1.54) is 0 Å². The zero-order valence-electron chi connectivity index (χ0n) is 15.9. The highest BCUT2D eigenvalue weighted by Gasteiger charge is 2.14. The third-order valence-electron chi connectivity index (χ3n) is 3.32. The molecule has 0 unspecified atom stereocenters. The number of allylic oxidation sites excluding steroid dienone is 2. The van der Waals surface area contributed by atoms with Crippen LogP contribution in [0.5, 0.6) is 11.5 Å². The van der Waals surface area contributed by atoms with Crippen LogP contribution in [0.1, 0.15) is 32.8 Å². The number of fused-ring (bicyclic) bond motifs is 1. The summed E-state index contributed by atoms with van der Waals surface area (Å²) in [5.74, 6) is 2.37. The standard InChI is InChI=1S/C11H15N5O2.C7H14O/c1-16(11(14)15-10(12)13)5-7-2-3-8-9(4-7)18-6-17-8;1-4-6-7(3)8-5-2/h2-4H,5-6H2,1H3,(H5,12,13,14,15);6H,4-5H2,1-3H3/b;7-6+. The van der Waals surface area contributed by atoms with Gasteiger partial charge in [-0.25, -0.2) is 0 Å². The maximum Gasteiger partial charge on any atom is 0.231 e. The van der Waals surface area contributed by atoms with Gasteiger partial charge in [-0.15, -0.1) is 0 Å². The summed E-state index contributed by atoms with van der Waals surface area (Å²) < 4.78 is 15.7. The van der Waals surface area contributed by atoms with E-state index >= 15 is 0 Å². The summed E-state index contributed by atoms with van der Waals surface area (Å²) in [4.78, 5) is 5.29. The predicted octanol–water partition coefficient (Wildman–Crippen LogP) is 2.39. The van der Waals surface area contributed by atoms with Gasteiger partial charge in [-0.3, -0.25) is 5.41 Å². The quantitative estimate of drug-likeness (QED) is 0.420. The Morgan fingerprint density at radius 1 is 1.31 bits per heavy atom. The Balaban J connectivity index is 0.000000359. The number of benzene rings is 1. The fourth-order valence-corrected chi connectivity index (χ4v) is 2.17. The second kappa shape index (κ2) is 10.9. The van der Waals surface area contributed by atoms with Crippen LogP contribution in [0.2, 0.25) is 0 Å². The van der Waals surface area contributed by atoms with Crippen LogP contribution >= 0.6 is 0 Å². The van der Waals surface area contributed by atoms with Crippen molar-refractivity contribution in [2.75, 3.05) is 20.4 Å². The molecule has 1 heterocycles. The Hall–Kier alpha value is -2.90. The molecule has 2 rings (SSSR count). The Labute approximate surface area is 154 Å². The first-order valence-electron chi connectivity index (χ1n) is 8.44. The van der Waals surface area contributed by atoms with Gasteiger partial charge in [0.25, 0.3) is 0 Å².